The van der Waals surface area contributed by atoms with Crippen LogP contribution in [0.1, 0.15) is 12.5 Å². The predicted octanol–water partition coefficient (Wildman–Crippen LogP) is 5.42. The smallest absolute Gasteiger partial charge is 0.249 e. The summed E-state index contributed by atoms with van der Waals surface area (Å²) in [6, 6.07) is 24.7. The molecule has 1 amide bonds. The molecular formula is C25H24N4O4S3. The van der Waals surface area contributed by atoms with Crippen molar-refractivity contribution in [1.29, 1.82) is 0 Å². The van der Waals surface area contributed by atoms with Crippen LogP contribution in [0.4, 0.5) is 10.8 Å². The maximum Gasteiger partial charge on any atom is 0.249 e. The summed E-state index contributed by atoms with van der Waals surface area (Å²) in [5, 5.41) is 11.1. The number of rotatable bonds is 10. The minimum absolute atomic E-state index is 0.308. The first kappa shape index (κ1) is 25.7. The summed E-state index contributed by atoms with van der Waals surface area (Å²) in [5.41, 5.74) is 1.50. The number of aromatic nitrogens is 2. The topological polar surface area (TPSA) is 101 Å². The molecule has 0 spiro atoms. The Hall–Kier alpha value is -3.41. The number of carbonyl (C=O) groups excluding carboxylic acids is 1. The normalized spacial score (nSPS) is 12.1. The molecule has 0 aliphatic carbocycles. The molecule has 4 rings (SSSR count). The van der Waals surface area contributed by atoms with E-state index in [4.69, 9.17) is 4.74 Å². The third-order valence-corrected chi connectivity index (χ3v) is 8.29. The van der Waals surface area contributed by atoms with Crippen LogP contribution < -0.4 is 14.4 Å². The number of hydrogen-bond donors (Lipinski definition) is 1. The van der Waals surface area contributed by atoms with E-state index in [0.717, 1.165) is 21.9 Å². The molecule has 1 unspecified atom stereocenters. The van der Waals surface area contributed by atoms with Crippen molar-refractivity contribution in [1.82, 2.24) is 10.2 Å². The number of anilines is 2. The zero-order valence-corrected chi connectivity index (χ0v) is 22.0. The molecular weight excluding hydrogens is 517 g/mol. The molecule has 11 heteroatoms. The average molecular weight is 541 g/mol. The van der Waals surface area contributed by atoms with Crippen molar-refractivity contribution in [3.05, 3.63) is 90.5 Å². The first-order chi connectivity index (χ1) is 17.3. The van der Waals surface area contributed by atoms with Crippen molar-refractivity contribution in [3.8, 4) is 11.5 Å². The fraction of sp³-hybridized carbons (Fsp3) is 0.160. The Balaban J connectivity index is 1.42. The Morgan fingerprint density at radius 3 is 2.22 bits per heavy atom. The van der Waals surface area contributed by atoms with E-state index < -0.39 is 22.0 Å². The van der Waals surface area contributed by atoms with Crippen LogP contribution in [0.25, 0.3) is 0 Å². The van der Waals surface area contributed by atoms with Gasteiger partial charge in [0.15, 0.2) is 4.34 Å². The SMILES string of the molecule is CC(C(=O)Nc1nnc(SCc2ccccc2)s1)N(c1ccc(Oc2ccccc2)cc1)S(C)(=O)=O. The molecule has 0 bridgehead atoms. The van der Waals surface area contributed by atoms with Gasteiger partial charge in [-0.3, -0.25) is 14.4 Å². The number of thioether (sulfide) groups is 1. The van der Waals surface area contributed by atoms with Crippen LogP contribution in [-0.4, -0.2) is 36.8 Å². The van der Waals surface area contributed by atoms with Crippen molar-refractivity contribution in [2.75, 3.05) is 15.9 Å². The quantitative estimate of drug-likeness (QED) is 0.212. The first-order valence-corrected chi connectivity index (χ1v) is 14.6. The minimum atomic E-state index is -3.77. The van der Waals surface area contributed by atoms with Gasteiger partial charge in [0.25, 0.3) is 0 Å². The van der Waals surface area contributed by atoms with E-state index in [1.807, 2.05) is 60.7 Å². The van der Waals surface area contributed by atoms with Crippen molar-refractivity contribution >= 4 is 49.8 Å². The zero-order valence-electron chi connectivity index (χ0n) is 19.6. The molecule has 3 aromatic carbocycles. The molecule has 36 heavy (non-hydrogen) atoms. The predicted molar refractivity (Wildman–Crippen MR) is 144 cm³/mol. The zero-order chi connectivity index (χ0) is 25.5. The van der Waals surface area contributed by atoms with E-state index >= 15 is 0 Å². The summed E-state index contributed by atoms with van der Waals surface area (Å²) < 4.78 is 32.8. The second-order valence-electron chi connectivity index (χ2n) is 7.78. The van der Waals surface area contributed by atoms with Crippen LogP contribution in [0, 0.1) is 0 Å². The Labute approximate surface area is 218 Å². The Kier molecular flexibility index (Phi) is 8.24. The molecule has 0 radical (unpaired) electrons. The molecule has 186 valence electrons. The average Bonchev–Trinajstić information content (AvgIpc) is 3.31. The van der Waals surface area contributed by atoms with Crippen molar-refractivity contribution < 1.29 is 17.9 Å². The Morgan fingerprint density at radius 2 is 1.58 bits per heavy atom. The second-order valence-corrected chi connectivity index (χ2v) is 11.8. The standard InChI is InChI=1S/C25H24N4O4S3/c1-18(23(30)26-24-27-28-25(35-24)34-17-19-9-5-3-6-10-19)29(36(2,31)32)20-13-15-22(16-14-20)33-21-11-7-4-8-12-21/h3-16,18H,17H2,1-2H3,(H,26,27,30). The van der Waals surface area contributed by atoms with Gasteiger partial charge in [0.2, 0.25) is 21.1 Å². The third-order valence-electron chi connectivity index (χ3n) is 5.00. The van der Waals surface area contributed by atoms with Crippen LogP contribution in [0.15, 0.2) is 89.3 Å². The molecule has 0 fully saturated rings. The van der Waals surface area contributed by atoms with Crippen molar-refractivity contribution in [3.63, 3.8) is 0 Å². The lowest BCUT2D eigenvalue weighted by atomic mass is 10.2. The second kappa shape index (κ2) is 11.5. The van der Waals surface area contributed by atoms with E-state index in [-0.39, 0.29) is 0 Å². The number of nitrogens with zero attached hydrogens (tertiary/aromatic N) is 3. The maximum atomic E-state index is 13.0. The Bertz CT molecular complexity index is 1400. The molecule has 0 saturated heterocycles. The van der Waals surface area contributed by atoms with E-state index in [1.54, 1.807) is 24.3 Å². The van der Waals surface area contributed by atoms with Crippen LogP contribution in [-0.2, 0) is 20.6 Å². The van der Waals surface area contributed by atoms with Gasteiger partial charge in [-0.1, -0.05) is 71.6 Å². The van der Waals surface area contributed by atoms with E-state index in [9.17, 15) is 13.2 Å². The largest absolute Gasteiger partial charge is 0.457 e. The van der Waals surface area contributed by atoms with E-state index in [2.05, 4.69) is 15.5 Å². The lowest BCUT2D eigenvalue weighted by molar-refractivity contribution is -0.116. The molecule has 8 nitrogen and oxygen atoms in total. The van der Waals surface area contributed by atoms with Crippen LogP contribution in [0.3, 0.4) is 0 Å². The van der Waals surface area contributed by atoms with Gasteiger partial charge < -0.3 is 4.74 Å². The van der Waals surface area contributed by atoms with Crippen molar-refractivity contribution in [2.24, 2.45) is 0 Å². The highest BCUT2D eigenvalue weighted by atomic mass is 32.2. The van der Waals surface area contributed by atoms with E-state index in [1.165, 1.54) is 30.0 Å². The van der Waals surface area contributed by atoms with Crippen molar-refractivity contribution in [2.45, 2.75) is 23.1 Å². The maximum absolute atomic E-state index is 13.0. The fourth-order valence-electron chi connectivity index (χ4n) is 3.34. The number of ether oxygens (including phenoxy) is 1. The minimum Gasteiger partial charge on any atom is -0.457 e. The molecule has 0 aliphatic heterocycles. The molecule has 1 N–H and O–H groups in total. The van der Waals surface area contributed by atoms with Crippen LogP contribution >= 0.6 is 23.1 Å². The van der Waals surface area contributed by atoms with E-state index in [0.29, 0.717) is 26.7 Å². The molecule has 0 saturated carbocycles. The molecule has 1 atom stereocenters. The van der Waals surface area contributed by atoms with Gasteiger partial charge >= 0.3 is 0 Å². The number of hydrogen-bond acceptors (Lipinski definition) is 8. The number of para-hydroxylation sites is 1. The highest BCUT2D eigenvalue weighted by Gasteiger charge is 2.30. The van der Waals surface area contributed by atoms with Gasteiger partial charge in [0.1, 0.15) is 17.5 Å². The summed E-state index contributed by atoms with van der Waals surface area (Å²) in [6.45, 7) is 1.52. The third kappa shape index (κ3) is 6.84. The molecule has 1 heterocycles. The highest BCUT2D eigenvalue weighted by molar-refractivity contribution is 8.00. The summed E-state index contributed by atoms with van der Waals surface area (Å²) in [7, 11) is -3.77. The van der Waals surface area contributed by atoms with Gasteiger partial charge in [-0.15, -0.1) is 10.2 Å². The number of nitrogens with one attached hydrogen (secondary N) is 1. The Morgan fingerprint density at radius 1 is 0.972 bits per heavy atom. The van der Waals surface area contributed by atoms with Gasteiger partial charge in [0, 0.05) is 5.75 Å². The van der Waals surface area contributed by atoms with Crippen LogP contribution in [0.5, 0.6) is 11.5 Å². The molecule has 4 aromatic rings. The number of amides is 1. The lowest BCUT2D eigenvalue weighted by Crippen LogP contribution is -2.45. The highest BCUT2D eigenvalue weighted by Crippen LogP contribution is 2.30. The molecule has 0 aliphatic rings. The van der Waals surface area contributed by atoms with Gasteiger partial charge in [-0.05, 0) is 48.9 Å². The number of benzene rings is 3. The van der Waals surface area contributed by atoms with Gasteiger partial charge in [0.05, 0.1) is 11.9 Å². The van der Waals surface area contributed by atoms with Gasteiger partial charge in [-0.25, -0.2) is 8.42 Å². The fourth-order valence-corrected chi connectivity index (χ4v) is 6.23. The number of sulfonamides is 1. The number of carbonyl (C=O) groups is 1. The summed E-state index contributed by atoms with van der Waals surface area (Å²) in [5.74, 6) is 1.42. The van der Waals surface area contributed by atoms with Gasteiger partial charge in [-0.2, -0.15) is 0 Å². The van der Waals surface area contributed by atoms with Crippen LogP contribution in [0.2, 0.25) is 0 Å². The first-order valence-electron chi connectivity index (χ1n) is 10.9. The molecule has 1 aromatic heterocycles. The summed E-state index contributed by atoms with van der Waals surface area (Å²) >= 11 is 2.75. The monoisotopic (exact) mass is 540 g/mol. The summed E-state index contributed by atoms with van der Waals surface area (Å²) in [6.07, 6.45) is 1.06. The lowest BCUT2D eigenvalue weighted by Gasteiger charge is -2.28. The summed E-state index contributed by atoms with van der Waals surface area (Å²) in [4.78, 5) is 13.0.